The molecule has 1 atom stereocenters. The van der Waals surface area contributed by atoms with Gasteiger partial charge in [0, 0.05) is 0 Å². The van der Waals surface area contributed by atoms with Gasteiger partial charge in [0.2, 0.25) is 0 Å². The van der Waals surface area contributed by atoms with Gasteiger partial charge < -0.3 is 24.8 Å². The van der Waals surface area contributed by atoms with Crippen molar-refractivity contribution in [1.29, 1.82) is 0 Å². The molecule has 0 radical (unpaired) electrons. The van der Waals surface area contributed by atoms with Crippen LogP contribution in [0.4, 0.5) is 0 Å². The third kappa shape index (κ3) is 8.74. The molecule has 4 aromatic carbocycles. The van der Waals surface area contributed by atoms with Crippen molar-refractivity contribution in [2.45, 2.75) is 126 Å². The van der Waals surface area contributed by atoms with E-state index in [1.165, 1.54) is 106 Å². The molecule has 4 bridgehead atoms. The van der Waals surface area contributed by atoms with Gasteiger partial charge >= 0.3 is 76.7 Å². The summed E-state index contributed by atoms with van der Waals surface area (Å²) in [5, 5.41) is 5.55. The number of hydrogen-bond donors (Lipinski definition) is 0. The zero-order valence-electron chi connectivity index (χ0n) is 33.8. The normalized spacial score (nSPS) is 25.8. The molecule has 52 heavy (non-hydrogen) atoms. The standard InChI is InChI=1S/C23H29.C17H23.C9H10.2ClH.Zr/c1-14-9-16-11-17-10-15(2)21(23(6,7)8)13-19(17)18(16)12-20(14)22(3,4)5;1-11-3-4-14(5-11)17(2)15-7-12-6-13(9-15)10-16(17)8-12;1-2-6-9-7-4-3-5-8-9;;;/h9-13H,1-8H3;4-5,11-13,15-16H,6-10H2,1-2H3;3-5,7-8H,2H2,1H3;2*1H;/q2*-1;;;;+2/p-2. The van der Waals surface area contributed by atoms with Crippen LogP contribution in [0.25, 0.3) is 21.5 Å². The Morgan fingerprint density at radius 2 is 1.23 bits per heavy atom. The summed E-state index contributed by atoms with van der Waals surface area (Å²) in [6.45, 7) is 25.3. The molecule has 5 aliphatic carbocycles. The van der Waals surface area contributed by atoms with Gasteiger partial charge in [0.25, 0.3) is 0 Å². The molecule has 0 amide bonds. The Bertz CT molecular complexity index is 1820. The average molecular weight is 813 g/mol. The molecule has 0 aliphatic heterocycles. The molecule has 1 unspecified atom stereocenters. The SMILES string of the molecule is CC1[C-]=CC(C2(C)C3CC4CC(C3)CC2C4)=C1.CC[C](=[Zr+2])c1ccccc1.Cc1cc2[cH-]c3cc(C)c(C(C)(C)C)cc3c2cc1C(C)(C)C.[Cl-].[Cl-]. The van der Waals surface area contributed by atoms with Crippen LogP contribution in [0.1, 0.15) is 129 Å². The number of benzene rings is 3. The molecule has 4 fully saturated rings. The van der Waals surface area contributed by atoms with Crippen molar-refractivity contribution in [2.75, 3.05) is 0 Å². The summed E-state index contributed by atoms with van der Waals surface area (Å²) < 4.78 is 1.55. The first kappa shape index (κ1) is 43.1. The quantitative estimate of drug-likeness (QED) is 0.189. The molecule has 0 spiro atoms. The second-order valence-corrected chi connectivity index (χ2v) is 20.1. The first-order valence-electron chi connectivity index (χ1n) is 19.6. The minimum atomic E-state index is 0. The number of rotatable bonds is 3. The van der Waals surface area contributed by atoms with E-state index in [4.69, 9.17) is 0 Å². The largest absolute Gasteiger partial charge is 1.00 e. The van der Waals surface area contributed by atoms with Crippen LogP contribution in [0.5, 0.6) is 0 Å². The monoisotopic (exact) mass is 810 g/mol. The van der Waals surface area contributed by atoms with E-state index in [0.29, 0.717) is 11.3 Å². The number of hydrogen-bond acceptors (Lipinski definition) is 0. The first-order valence-corrected chi connectivity index (χ1v) is 20.8. The van der Waals surface area contributed by atoms with Crippen molar-refractivity contribution < 1.29 is 49.0 Å². The van der Waals surface area contributed by atoms with Gasteiger partial charge in [0.1, 0.15) is 0 Å². The smallest absolute Gasteiger partial charge is 0.0142 e. The second kappa shape index (κ2) is 16.6. The van der Waals surface area contributed by atoms with Gasteiger partial charge in [0.15, 0.2) is 0 Å². The van der Waals surface area contributed by atoms with Gasteiger partial charge in [-0.3, -0.25) is 6.08 Å². The molecule has 0 heterocycles. The molecule has 278 valence electrons. The Kier molecular flexibility index (Phi) is 13.8. The summed E-state index contributed by atoms with van der Waals surface area (Å²) in [5.41, 5.74) is 9.61. The Hall–Kier alpha value is -1.66. The maximum absolute atomic E-state index is 3.49. The average Bonchev–Trinajstić information content (AvgIpc) is 3.64. The zero-order valence-corrected chi connectivity index (χ0v) is 37.8. The van der Waals surface area contributed by atoms with E-state index in [1.807, 2.05) is 0 Å². The summed E-state index contributed by atoms with van der Waals surface area (Å²) in [4.78, 5) is 0. The fourth-order valence-corrected chi connectivity index (χ4v) is 10.8. The molecular weight excluding hydrogens is 751 g/mol. The van der Waals surface area contributed by atoms with Crippen LogP contribution in [0.2, 0.25) is 0 Å². The molecule has 0 nitrogen and oxygen atoms in total. The van der Waals surface area contributed by atoms with Gasteiger partial charge in [-0.05, 0) is 80.5 Å². The third-order valence-electron chi connectivity index (χ3n) is 12.9. The molecule has 0 saturated heterocycles. The maximum atomic E-state index is 3.49. The Labute approximate surface area is 344 Å². The molecular formula is C49H62Cl2Zr-2. The maximum Gasteiger partial charge on any atom is -0.0142 e. The van der Waals surface area contributed by atoms with E-state index in [-0.39, 0.29) is 35.6 Å². The molecule has 9 rings (SSSR count). The Morgan fingerprint density at radius 1 is 0.769 bits per heavy atom. The minimum Gasteiger partial charge on any atom is -1.00 e. The third-order valence-corrected chi connectivity index (χ3v) is 14.5. The van der Waals surface area contributed by atoms with Crippen LogP contribution >= 0.6 is 0 Å². The number of aryl methyl sites for hydroxylation is 2. The van der Waals surface area contributed by atoms with Gasteiger partial charge in [-0.1, -0.05) is 101 Å². The topological polar surface area (TPSA) is 0 Å². The van der Waals surface area contributed by atoms with E-state index in [0.717, 1.165) is 23.7 Å². The molecule has 3 heteroatoms. The van der Waals surface area contributed by atoms with Gasteiger partial charge in [0.05, 0.1) is 0 Å². The van der Waals surface area contributed by atoms with E-state index < -0.39 is 0 Å². The van der Waals surface area contributed by atoms with Crippen molar-refractivity contribution in [3.05, 3.63) is 112 Å². The Balaban J connectivity index is 0.000000184. The molecule has 4 aromatic rings. The van der Waals surface area contributed by atoms with Crippen molar-refractivity contribution in [3.63, 3.8) is 0 Å². The summed E-state index contributed by atoms with van der Waals surface area (Å²) in [6.07, 6.45) is 17.1. The Morgan fingerprint density at radius 3 is 1.62 bits per heavy atom. The number of halogens is 2. The van der Waals surface area contributed by atoms with E-state index in [9.17, 15) is 0 Å². The van der Waals surface area contributed by atoms with Crippen LogP contribution in [0, 0.1) is 54.9 Å². The van der Waals surface area contributed by atoms with Crippen molar-refractivity contribution in [3.8, 4) is 0 Å². The summed E-state index contributed by atoms with van der Waals surface area (Å²) in [5.74, 6) is 4.68. The molecule has 4 saturated carbocycles. The summed E-state index contributed by atoms with van der Waals surface area (Å²) >= 11 is 1.54. The predicted molar refractivity (Wildman–Crippen MR) is 215 cm³/mol. The molecule has 0 N–H and O–H groups in total. The van der Waals surface area contributed by atoms with Crippen LogP contribution in [-0.4, -0.2) is 3.21 Å². The minimum absolute atomic E-state index is 0. The van der Waals surface area contributed by atoms with Crippen molar-refractivity contribution in [1.82, 2.24) is 0 Å². The fourth-order valence-electron chi connectivity index (χ4n) is 10.3. The fraction of sp³-hybridized carbons (Fsp3) is 0.510. The van der Waals surface area contributed by atoms with Crippen molar-refractivity contribution >= 4 is 24.8 Å². The van der Waals surface area contributed by atoms with Crippen LogP contribution in [0.3, 0.4) is 0 Å². The van der Waals surface area contributed by atoms with E-state index in [1.54, 1.807) is 15.2 Å². The second-order valence-electron chi connectivity index (χ2n) is 18.7. The first-order chi connectivity index (χ1) is 23.5. The number of allylic oxidation sites excluding steroid dienone is 4. The van der Waals surface area contributed by atoms with Crippen LogP contribution in [0.15, 0.2) is 78.4 Å². The summed E-state index contributed by atoms with van der Waals surface area (Å²) in [6, 6.07) is 22.5. The van der Waals surface area contributed by atoms with Gasteiger partial charge in [-0.25, -0.2) is 6.08 Å². The van der Waals surface area contributed by atoms with Crippen LogP contribution < -0.4 is 24.8 Å². The van der Waals surface area contributed by atoms with Crippen LogP contribution in [-0.2, 0) is 35.1 Å². The van der Waals surface area contributed by atoms with Gasteiger partial charge in [-0.15, -0.1) is 39.7 Å². The summed E-state index contributed by atoms with van der Waals surface area (Å²) in [7, 11) is 0. The number of fused-ring (bicyclic) bond motifs is 3. The van der Waals surface area contributed by atoms with Gasteiger partial charge in [-0.2, -0.15) is 11.6 Å². The zero-order chi connectivity index (χ0) is 36.2. The predicted octanol–water partition coefficient (Wildman–Crippen LogP) is 7.48. The van der Waals surface area contributed by atoms with Crippen molar-refractivity contribution in [2.24, 2.45) is 35.0 Å². The molecule has 0 aromatic heterocycles. The van der Waals surface area contributed by atoms with E-state index in [2.05, 4.69) is 155 Å². The molecule has 5 aliphatic rings. The van der Waals surface area contributed by atoms with E-state index >= 15 is 0 Å².